The number of rotatable bonds is 2. The fourth-order valence-electron chi connectivity index (χ4n) is 4.12. The number of piperidine rings is 2. The van der Waals surface area contributed by atoms with Crippen LogP contribution < -0.4 is 10.2 Å². The minimum atomic E-state index is -0.341. The Hall–Kier alpha value is -1.95. The Morgan fingerprint density at radius 3 is 2.64 bits per heavy atom. The molecule has 5 nitrogen and oxygen atoms in total. The molecule has 4 rings (SSSR count). The van der Waals surface area contributed by atoms with Crippen LogP contribution in [0.5, 0.6) is 0 Å². The molecule has 2 amide bonds. The van der Waals surface area contributed by atoms with Gasteiger partial charge in [0, 0.05) is 42.9 Å². The average Bonchev–Trinajstić information content (AvgIpc) is 2.93. The lowest BCUT2D eigenvalue weighted by atomic mass is 9.97. The van der Waals surface area contributed by atoms with E-state index in [1.54, 1.807) is 0 Å². The molecule has 0 bridgehead atoms. The second-order valence-corrected chi connectivity index (χ2v) is 7.76. The normalized spacial score (nSPS) is 24.5. The molecule has 0 aromatic heterocycles. The van der Waals surface area contributed by atoms with Gasteiger partial charge in [0.05, 0.1) is 0 Å². The number of anilines is 1. The molecular formula is C19H23N3O2S. The first kappa shape index (κ1) is 16.5. The van der Waals surface area contributed by atoms with Crippen LogP contribution in [0.3, 0.4) is 0 Å². The second kappa shape index (κ2) is 6.41. The van der Waals surface area contributed by atoms with Crippen molar-refractivity contribution >= 4 is 34.7 Å². The molecule has 1 aromatic rings. The predicted molar refractivity (Wildman–Crippen MR) is 100 cm³/mol. The van der Waals surface area contributed by atoms with Crippen LogP contribution in [0.25, 0.3) is 0 Å². The van der Waals surface area contributed by atoms with Crippen molar-refractivity contribution in [2.75, 3.05) is 18.0 Å². The number of nitrogens with zero attached hydrogens (tertiary/aromatic N) is 2. The lowest BCUT2D eigenvalue weighted by Gasteiger charge is -2.34. The molecular weight excluding hydrogens is 334 g/mol. The minimum Gasteiger partial charge on any atom is -0.371 e. The third-order valence-corrected chi connectivity index (χ3v) is 6.14. The monoisotopic (exact) mass is 357 g/mol. The number of fused-ring (bicyclic) bond motifs is 1. The van der Waals surface area contributed by atoms with Gasteiger partial charge in [-0.25, -0.2) is 0 Å². The first-order valence-corrected chi connectivity index (χ1v) is 9.47. The highest BCUT2D eigenvalue weighted by molar-refractivity contribution is 7.80. The third-order valence-electron chi connectivity index (χ3n) is 5.68. The number of thiocarbonyl (C=S) groups is 1. The maximum Gasteiger partial charge on any atom is 0.249 e. The van der Waals surface area contributed by atoms with Crippen molar-refractivity contribution in [1.82, 2.24) is 10.2 Å². The Labute approximate surface area is 153 Å². The Balaban J connectivity index is 1.60. The largest absolute Gasteiger partial charge is 0.371 e. The van der Waals surface area contributed by atoms with Crippen molar-refractivity contribution in [3.8, 4) is 0 Å². The highest BCUT2D eigenvalue weighted by Gasteiger charge is 2.38. The van der Waals surface area contributed by atoms with E-state index in [0.717, 1.165) is 29.6 Å². The summed E-state index contributed by atoms with van der Waals surface area (Å²) in [5.41, 5.74) is 3.55. The van der Waals surface area contributed by atoms with Crippen LogP contribution in [-0.2, 0) is 16.1 Å². The zero-order valence-corrected chi connectivity index (χ0v) is 15.3. The summed E-state index contributed by atoms with van der Waals surface area (Å²) in [5, 5.41) is 2.45. The van der Waals surface area contributed by atoms with Crippen LogP contribution in [0.1, 0.15) is 43.7 Å². The van der Waals surface area contributed by atoms with Crippen LogP contribution in [0.4, 0.5) is 5.69 Å². The number of imide groups is 1. The number of amides is 2. The number of carbonyl (C=O) groups is 2. The SMILES string of the molecule is CC1CCN(c2cccc3c2CN(C2CCC(=O)NC2=O)C3=S)CC1. The van der Waals surface area contributed by atoms with Gasteiger partial charge in [-0.2, -0.15) is 0 Å². The summed E-state index contributed by atoms with van der Waals surface area (Å²) in [6, 6.07) is 5.95. The molecule has 0 spiro atoms. The van der Waals surface area contributed by atoms with Gasteiger partial charge in [-0.05, 0) is 31.2 Å². The van der Waals surface area contributed by atoms with E-state index in [2.05, 4.69) is 35.3 Å². The van der Waals surface area contributed by atoms with E-state index in [1.807, 2.05) is 4.90 Å². The van der Waals surface area contributed by atoms with Crippen molar-refractivity contribution in [2.45, 2.75) is 45.2 Å². The molecule has 1 aromatic carbocycles. The van der Waals surface area contributed by atoms with Gasteiger partial charge in [0.25, 0.3) is 0 Å². The van der Waals surface area contributed by atoms with Crippen molar-refractivity contribution < 1.29 is 9.59 Å². The van der Waals surface area contributed by atoms with Gasteiger partial charge < -0.3 is 9.80 Å². The van der Waals surface area contributed by atoms with Gasteiger partial charge in [-0.15, -0.1) is 0 Å². The molecule has 3 heterocycles. The van der Waals surface area contributed by atoms with E-state index in [-0.39, 0.29) is 17.9 Å². The first-order valence-electron chi connectivity index (χ1n) is 9.06. The fraction of sp³-hybridized carbons (Fsp3) is 0.526. The smallest absolute Gasteiger partial charge is 0.249 e. The standard InChI is InChI=1S/C19H23N3O2S/c1-12-7-9-21(10-8-12)15-4-2-3-13-14(15)11-22(19(13)25)16-5-6-17(23)20-18(16)24/h2-4,12,16H,5-11H2,1H3,(H,20,23,24). The lowest BCUT2D eigenvalue weighted by molar-refractivity contribution is -0.136. The topological polar surface area (TPSA) is 52.6 Å². The minimum absolute atomic E-state index is 0.188. The fourth-order valence-corrected chi connectivity index (χ4v) is 4.50. The summed E-state index contributed by atoms with van der Waals surface area (Å²) in [5.74, 6) is 0.376. The van der Waals surface area contributed by atoms with E-state index in [0.29, 0.717) is 19.4 Å². The maximum atomic E-state index is 12.3. The van der Waals surface area contributed by atoms with Gasteiger partial charge in [0.2, 0.25) is 11.8 Å². The summed E-state index contributed by atoms with van der Waals surface area (Å²) in [7, 11) is 0. The first-order chi connectivity index (χ1) is 12.0. The zero-order chi connectivity index (χ0) is 17.6. The average molecular weight is 357 g/mol. The second-order valence-electron chi connectivity index (χ2n) is 7.37. The molecule has 25 heavy (non-hydrogen) atoms. The number of nitrogens with one attached hydrogen (secondary N) is 1. The summed E-state index contributed by atoms with van der Waals surface area (Å²) in [4.78, 5) is 28.9. The van der Waals surface area contributed by atoms with Crippen molar-refractivity contribution in [1.29, 1.82) is 0 Å². The molecule has 0 aliphatic carbocycles. The number of hydrogen-bond acceptors (Lipinski definition) is 4. The Bertz CT molecular complexity index is 740. The molecule has 3 aliphatic heterocycles. The van der Waals surface area contributed by atoms with E-state index < -0.39 is 0 Å². The van der Waals surface area contributed by atoms with E-state index in [9.17, 15) is 9.59 Å². The highest BCUT2D eigenvalue weighted by Crippen LogP contribution is 2.36. The number of carbonyl (C=O) groups excluding carboxylic acids is 2. The van der Waals surface area contributed by atoms with Crippen LogP contribution in [-0.4, -0.2) is 40.8 Å². The van der Waals surface area contributed by atoms with Crippen LogP contribution >= 0.6 is 12.2 Å². The van der Waals surface area contributed by atoms with Gasteiger partial charge in [0.15, 0.2) is 0 Å². The zero-order valence-electron chi connectivity index (χ0n) is 14.5. The molecule has 0 radical (unpaired) electrons. The molecule has 132 valence electrons. The van der Waals surface area contributed by atoms with Gasteiger partial charge in [0.1, 0.15) is 11.0 Å². The van der Waals surface area contributed by atoms with Crippen molar-refractivity contribution in [2.24, 2.45) is 5.92 Å². The summed E-state index contributed by atoms with van der Waals surface area (Å²) < 4.78 is 0. The Morgan fingerprint density at radius 2 is 1.92 bits per heavy atom. The molecule has 1 unspecified atom stereocenters. The van der Waals surface area contributed by atoms with E-state index in [4.69, 9.17) is 12.2 Å². The predicted octanol–water partition coefficient (Wildman–Crippen LogP) is 2.22. The highest BCUT2D eigenvalue weighted by atomic mass is 32.1. The molecule has 1 atom stereocenters. The van der Waals surface area contributed by atoms with E-state index >= 15 is 0 Å². The number of benzene rings is 1. The summed E-state index contributed by atoms with van der Waals surface area (Å²) in [6.45, 7) is 5.11. The van der Waals surface area contributed by atoms with Crippen molar-refractivity contribution in [3.63, 3.8) is 0 Å². The quantitative estimate of drug-likeness (QED) is 0.650. The van der Waals surface area contributed by atoms with Crippen LogP contribution in [0.2, 0.25) is 0 Å². The van der Waals surface area contributed by atoms with Gasteiger partial charge >= 0.3 is 0 Å². The molecule has 6 heteroatoms. The molecule has 2 fully saturated rings. The van der Waals surface area contributed by atoms with E-state index in [1.165, 1.54) is 24.1 Å². The van der Waals surface area contributed by atoms with Crippen molar-refractivity contribution in [3.05, 3.63) is 29.3 Å². The lowest BCUT2D eigenvalue weighted by Crippen LogP contribution is -2.52. The summed E-state index contributed by atoms with van der Waals surface area (Å²) >= 11 is 5.68. The summed E-state index contributed by atoms with van der Waals surface area (Å²) in [6.07, 6.45) is 3.34. The van der Waals surface area contributed by atoms with Crippen LogP contribution in [0, 0.1) is 5.92 Å². The Morgan fingerprint density at radius 1 is 1.16 bits per heavy atom. The van der Waals surface area contributed by atoms with Crippen LogP contribution in [0.15, 0.2) is 18.2 Å². The maximum absolute atomic E-state index is 12.3. The molecule has 3 aliphatic rings. The molecule has 2 saturated heterocycles. The van der Waals surface area contributed by atoms with Gasteiger partial charge in [-0.1, -0.05) is 31.3 Å². The molecule has 0 saturated carbocycles. The van der Waals surface area contributed by atoms with Gasteiger partial charge in [-0.3, -0.25) is 14.9 Å². The Kier molecular flexibility index (Phi) is 4.23. The molecule has 1 N–H and O–H groups in total. The number of hydrogen-bond donors (Lipinski definition) is 1. The third kappa shape index (κ3) is 2.92.